The summed E-state index contributed by atoms with van der Waals surface area (Å²) in [6.07, 6.45) is 4.90. The lowest BCUT2D eigenvalue weighted by atomic mass is 10.2. The molecule has 0 aromatic carbocycles. The summed E-state index contributed by atoms with van der Waals surface area (Å²) in [6.45, 7) is 6.21. The number of ether oxygens (including phenoxy) is 1. The van der Waals surface area contributed by atoms with Gasteiger partial charge in [0.15, 0.2) is 0 Å². The summed E-state index contributed by atoms with van der Waals surface area (Å²) in [5, 5.41) is 0. The topological polar surface area (TPSA) is 34.5 Å². The highest BCUT2D eigenvalue weighted by molar-refractivity contribution is 5.84. The zero-order valence-electron chi connectivity index (χ0n) is 10.9. The molecular formula is C14H20N2O. The Balaban J connectivity index is 2.10. The van der Waals surface area contributed by atoms with Gasteiger partial charge >= 0.3 is 0 Å². The van der Waals surface area contributed by atoms with Gasteiger partial charge in [0.2, 0.25) is 5.88 Å². The highest BCUT2D eigenvalue weighted by Gasteiger charge is 2.24. The first-order valence-corrected chi connectivity index (χ1v) is 6.37. The highest BCUT2D eigenvalue weighted by Crippen LogP contribution is 2.27. The number of nitrogens with zero attached hydrogens (tertiary/aromatic N) is 2. The van der Waals surface area contributed by atoms with Gasteiger partial charge in [0.1, 0.15) is 6.10 Å². The molecule has 92 valence electrons. The van der Waals surface area contributed by atoms with Gasteiger partial charge in [0, 0.05) is 11.8 Å². The fourth-order valence-electron chi connectivity index (χ4n) is 1.69. The Kier molecular flexibility index (Phi) is 3.77. The van der Waals surface area contributed by atoms with E-state index in [1.54, 1.807) is 0 Å². The second kappa shape index (κ2) is 5.30. The smallest absolute Gasteiger partial charge is 0.213 e. The molecule has 0 aliphatic heterocycles. The normalized spacial score (nSPS) is 16.1. The van der Waals surface area contributed by atoms with Crippen LogP contribution < -0.4 is 4.74 Å². The lowest BCUT2D eigenvalue weighted by molar-refractivity contribution is 0.290. The molecule has 0 spiro atoms. The van der Waals surface area contributed by atoms with E-state index >= 15 is 0 Å². The summed E-state index contributed by atoms with van der Waals surface area (Å²) in [4.78, 5) is 9.02. The first kappa shape index (κ1) is 12.1. The second-order valence-corrected chi connectivity index (χ2v) is 4.67. The molecule has 0 amide bonds. The summed E-state index contributed by atoms with van der Waals surface area (Å²) in [5.41, 5.74) is 3.06. The molecule has 1 aliphatic rings. The first-order valence-electron chi connectivity index (χ1n) is 6.37. The molecule has 0 radical (unpaired) electrons. The minimum absolute atomic E-state index is 0.401. The van der Waals surface area contributed by atoms with Crippen molar-refractivity contribution in [1.29, 1.82) is 0 Å². The van der Waals surface area contributed by atoms with Crippen LogP contribution in [-0.4, -0.2) is 16.8 Å². The molecule has 0 atom stereocenters. The number of hydrogen-bond donors (Lipinski definition) is 0. The standard InChI is InChI=1S/C14H20N2O/c1-4-5-10(2)15-13-8-9-14(16-11(13)3)17-12-6-7-12/h8-9,12H,4-7H2,1-3H3. The van der Waals surface area contributed by atoms with Crippen LogP contribution in [-0.2, 0) is 0 Å². The van der Waals surface area contributed by atoms with E-state index in [4.69, 9.17) is 4.74 Å². The number of aromatic nitrogens is 1. The number of hydrogen-bond acceptors (Lipinski definition) is 3. The highest BCUT2D eigenvalue weighted by atomic mass is 16.5. The van der Waals surface area contributed by atoms with Crippen LogP contribution in [0, 0.1) is 6.92 Å². The third-order valence-corrected chi connectivity index (χ3v) is 2.77. The molecule has 1 saturated carbocycles. The maximum Gasteiger partial charge on any atom is 0.213 e. The van der Waals surface area contributed by atoms with Gasteiger partial charge in [0.05, 0.1) is 11.4 Å². The van der Waals surface area contributed by atoms with E-state index in [0.29, 0.717) is 6.10 Å². The van der Waals surface area contributed by atoms with Crippen molar-refractivity contribution in [3.8, 4) is 5.88 Å². The molecule has 1 aliphatic carbocycles. The zero-order chi connectivity index (χ0) is 12.3. The molecule has 1 aromatic rings. The van der Waals surface area contributed by atoms with Crippen LogP contribution in [0.25, 0.3) is 0 Å². The molecule has 2 rings (SSSR count). The Morgan fingerprint density at radius 1 is 1.47 bits per heavy atom. The summed E-state index contributed by atoms with van der Waals surface area (Å²) in [5.74, 6) is 0.733. The lowest BCUT2D eigenvalue weighted by Gasteiger charge is -2.06. The van der Waals surface area contributed by atoms with Crippen molar-refractivity contribution in [3.05, 3.63) is 17.8 Å². The van der Waals surface area contributed by atoms with E-state index in [-0.39, 0.29) is 0 Å². The van der Waals surface area contributed by atoms with Gasteiger partial charge in [-0.3, -0.25) is 4.99 Å². The van der Waals surface area contributed by atoms with Gasteiger partial charge in [-0.05, 0) is 39.2 Å². The van der Waals surface area contributed by atoms with Crippen molar-refractivity contribution in [3.63, 3.8) is 0 Å². The second-order valence-electron chi connectivity index (χ2n) is 4.67. The lowest BCUT2D eigenvalue weighted by Crippen LogP contribution is -1.99. The van der Waals surface area contributed by atoms with Crippen LogP contribution in [0.15, 0.2) is 17.1 Å². The SMILES string of the molecule is CCCC(C)=Nc1ccc(OC2CC2)nc1C. The molecule has 0 bridgehead atoms. The Labute approximate surface area is 103 Å². The maximum absolute atomic E-state index is 5.65. The molecule has 0 unspecified atom stereocenters. The van der Waals surface area contributed by atoms with Crippen molar-refractivity contribution >= 4 is 11.4 Å². The molecule has 0 N–H and O–H groups in total. The van der Waals surface area contributed by atoms with E-state index in [1.165, 1.54) is 0 Å². The largest absolute Gasteiger partial charge is 0.474 e. The third kappa shape index (κ3) is 3.55. The molecule has 17 heavy (non-hydrogen) atoms. The summed E-state index contributed by atoms with van der Waals surface area (Å²) in [7, 11) is 0. The van der Waals surface area contributed by atoms with Gasteiger partial charge in [-0.2, -0.15) is 0 Å². The van der Waals surface area contributed by atoms with Crippen LogP contribution in [0.4, 0.5) is 5.69 Å². The monoisotopic (exact) mass is 232 g/mol. The van der Waals surface area contributed by atoms with E-state index in [1.807, 2.05) is 19.1 Å². The van der Waals surface area contributed by atoms with Crippen molar-refractivity contribution in [2.45, 2.75) is 52.6 Å². The van der Waals surface area contributed by atoms with Crippen LogP contribution in [0.2, 0.25) is 0 Å². The number of aryl methyl sites for hydroxylation is 1. The van der Waals surface area contributed by atoms with Crippen LogP contribution >= 0.6 is 0 Å². The number of aliphatic imine (C=N–C) groups is 1. The van der Waals surface area contributed by atoms with E-state index < -0.39 is 0 Å². The van der Waals surface area contributed by atoms with Crippen molar-refractivity contribution < 1.29 is 4.74 Å². The number of rotatable bonds is 5. The minimum Gasteiger partial charge on any atom is -0.474 e. The fraction of sp³-hybridized carbons (Fsp3) is 0.571. The van der Waals surface area contributed by atoms with Gasteiger partial charge in [0.25, 0.3) is 0 Å². The first-order chi connectivity index (χ1) is 8.19. The third-order valence-electron chi connectivity index (χ3n) is 2.77. The van der Waals surface area contributed by atoms with Crippen LogP contribution in [0.1, 0.15) is 45.2 Å². The average Bonchev–Trinajstić information content (AvgIpc) is 3.06. The number of pyridine rings is 1. The minimum atomic E-state index is 0.401. The van der Waals surface area contributed by atoms with E-state index in [2.05, 4.69) is 23.8 Å². The molecule has 1 heterocycles. The summed E-state index contributed by atoms with van der Waals surface area (Å²) >= 11 is 0. The Bertz CT molecular complexity index is 422. The van der Waals surface area contributed by atoms with Gasteiger partial charge < -0.3 is 4.74 Å². The van der Waals surface area contributed by atoms with E-state index in [9.17, 15) is 0 Å². The Morgan fingerprint density at radius 2 is 2.24 bits per heavy atom. The van der Waals surface area contributed by atoms with E-state index in [0.717, 1.165) is 48.7 Å². The van der Waals surface area contributed by atoms with Crippen molar-refractivity contribution in [1.82, 2.24) is 4.98 Å². The van der Waals surface area contributed by atoms with Crippen molar-refractivity contribution in [2.75, 3.05) is 0 Å². The Hall–Kier alpha value is -1.38. The van der Waals surface area contributed by atoms with Crippen molar-refractivity contribution in [2.24, 2.45) is 4.99 Å². The molecule has 0 saturated heterocycles. The molecule has 3 nitrogen and oxygen atoms in total. The predicted octanol–water partition coefficient (Wildman–Crippen LogP) is 3.82. The molecule has 1 aromatic heterocycles. The van der Waals surface area contributed by atoms with Crippen LogP contribution in [0.3, 0.4) is 0 Å². The van der Waals surface area contributed by atoms with Gasteiger partial charge in [-0.15, -0.1) is 0 Å². The molecule has 1 fully saturated rings. The predicted molar refractivity (Wildman–Crippen MR) is 70.3 cm³/mol. The fourth-order valence-corrected chi connectivity index (χ4v) is 1.69. The summed E-state index contributed by atoms with van der Waals surface area (Å²) in [6, 6.07) is 3.92. The Morgan fingerprint density at radius 3 is 2.82 bits per heavy atom. The van der Waals surface area contributed by atoms with Gasteiger partial charge in [-0.1, -0.05) is 13.3 Å². The maximum atomic E-state index is 5.65. The molecular weight excluding hydrogens is 212 g/mol. The quantitative estimate of drug-likeness (QED) is 0.723. The average molecular weight is 232 g/mol. The molecule has 3 heteroatoms. The zero-order valence-corrected chi connectivity index (χ0v) is 10.9. The summed E-state index contributed by atoms with van der Waals surface area (Å²) < 4.78 is 5.65. The van der Waals surface area contributed by atoms with Gasteiger partial charge in [-0.25, -0.2) is 4.98 Å². The van der Waals surface area contributed by atoms with Crippen LogP contribution in [0.5, 0.6) is 5.88 Å².